The Kier molecular flexibility index (Phi) is 18.6. The number of nitrogens with zero attached hydrogens (tertiary/aromatic N) is 2. The van der Waals surface area contributed by atoms with Crippen molar-refractivity contribution in [2.45, 2.75) is 123 Å². The Morgan fingerprint density at radius 2 is 0.517 bits per heavy atom. The lowest BCUT2D eigenvalue weighted by Gasteiger charge is -2.31. The van der Waals surface area contributed by atoms with Gasteiger partial charge in [-0.3, -0.25) is 0 Å². The third-order valence-electron chi connectivity index (χ3n) is 6.76. The molecule has 0 aliphatic carbocycles. The molecule has 0 heterocycles. The summed E-state index contributed by atoms with van der Waals surface area (Å²) in [5, 5.41) is 0. The Balaban J connectivity index is 3.60. The van der Waals surface area contributed by atoms with Crippen molar-refractivity contribution in [1.82, 2.24) is 0 Å². The first kappa shape index (κ1) is 28.9. The van der Waals surface area contributed by atoms with Crippen molar-refractivity contribution in [3.63, 3.8) is 0 Å². The second-order valence-corrected chi connectivity index (χ2v) is 11.1. The highest BCUT2D eigenvalue weighted by Gasteiger charge is 2.16. The molecule has 0 atom stereocenters. The van der Waals surface area contributed by atoms with Crippen LogP contribution in [0.15, 0.2) is 0 Å². The van der Waals surface area contributed by atoms with Crippen LogP contribution in [0.3, 0.4) is 0 Å². The molecule has 0 saturated heterocycles. The van der Waals surface area contributed by atoms with E-state index in [1.54, 1.807) is 0 Å². The zero-order valence-corrected chi connectivity index (χ0v) is 21.7. The molecule has 2 heteroatoms. The predicted octanol–water partition coefficient (Wildman–Crippen LogP) is 7.81. The van der Waals surface area contributed by atoms with Crippen LogP contribution in [-0.4, -0.2) is 63.3 Å². The van der Waals surface area contributed by atoms with Crippen molar-refractivity contribution in [1.29, 1.82) is 0 Å². The lowest BCUT2D eigenvalue weighted by atomic mass is 10.1. The minimum Gasteiger partial charge on any atom is -0.328 e. The van der Waals surface area contributed by atoms with Gasteiger partial charge in [0.25, 0.3) is 0 Å². The monoisotopic (exact) mass is 412 g/mol. The van der Waals surface area contributed by atoms with E-state index in [0.717, 1.165) is 0 Å². The molecular weight excluding hydrogens is 352 g/mol. The number of rotatable bonds is 22. The highest BCUT2D eigenvalue weighted by Crippen LogP contribution is 2.13. The average Bonchev–Trinajstić information content (AvgIpc) is 2.66. The molecule has 2 nitrogen and oxygen atoms in total. The third kappa shape index (κ3) is 21.0. The van der Waals surface area contributed by atoms with Crippen LogP contribution in [0, 0.1) is 0 Å². The summed E-state index contributed by atoms with van der Waals surface area (Å²) in [7, 11) is 9.77. The van der Waals surface area contributed by atoms with Crippen LogP contribution in [-0.2, 0) is 0 Å². The van der Waals surface area contributed by atoms with Gasteiger partial charge in [-0.15, -0.1) is 0 Å². The maximum Gasteiger partial charge on any atom is 0.0782 e. The molecule has 0 radical (unpaired) electrons. The summed E-state index contributed by atoms with van der Waals surface area (Å²) in [5.74, 6) is 0. The SMILES string of the molecule is CCCCCCCCC[N+](C)(C)CCCCC[N+](C)(C)CCCCCCCCC. The zero-order chi connectivity index (χ0) is 21.8. The van der Waals surface area contributed by atoms with Gasteiger partial charge in [-0.1, -0.05) is 78.1 Å². The topological polar surface area (TPSA) is 0 Å². The van der Waals surface area contributed by atoms with Crippen LogP contribution in [0.2, 0.25) is 0 Å². The minimum absolute atomic E-state index is 1.23. The minimum atomic E-state index is 1.23. The van der Waals surface area contributed by atoms with Crippen molar-refractivity contribution in [2.75, 3.05) is 54.4 Å². The molecule has 0 rings (SSSR count). The number of hydrogen-bond acceptors (Lipinski definition) is 0. The zero-order valence-electron chi connectivity index (χ0n) is 21.7. The van der Waals surface area contributed by atoms with E-state index in [-0.39, 0.29) is 0 Å². The molecule has 0 aliphatic rings. The molecule has 0 bridgehead atoms. The van der Waals surface area contributed by atoms with Crippen molar-refractivity contribution in [2.24, 2.45) is 0 Å². The van der Waals surface area contributed by atoms with E-state index < -0.39 is 0 Å². The largest absolute Gasteiger partial charge is 0.328 e. The van der Waals surface area contributed by atoms with Gasteiger partial charge in [-0.25, -0.2) is 0 Å². The van der Waals surface area contributed by atoms with E-state index in [2.05, 4.69) is 42.0 Å². The van der Waals surface area contributed by atoms with Crippen molar-refractivity contribution < 1.29 is 8.97 Å². The van der Waals surface area contributed by atoms with Crippen molar-refractivity contribution in [3.8, 4) is 0 Å². The summed E-state index contributed by atoms with van der Waals surface area (Å²) in [6, 6.07) is 0. The second kappa shape index (κ2) is 18.7. The lowest BCUT2D eigenvalue weighted by molar-refractivity contribution is -0.892. The first-order chi connectivity index (χ1) is 13.8. The molecule has 0 amide bonds. The molecule has 0 N–H and O–H groups in total. The Morgan fingerprint density at radius 1 is 0.310 bits per heavy atom. The predicted molar refractivity (Wildman–Crippen MR) is 134 cm³/mol. The summed E-state index contributed by atoms with van der Waals surface area (Å²) in [6.45, 7) is 10.1. The van der Waals surface area contributed by atoms with Crippen LogP contribution in [0.4, 0.5) is 0 Å². The Bertz CT molecular complexity index is 303. The van der Waals surface area contributed by atoms with Crippen molar-refractivity contribution >= 4 is 0 Å². The Labute approximate surface area is 186 Å². The van der Waals surface area contributed by atoms with Gasteiger partial charge in [0.05, 0.1) is 54.4 Å². The van der Waals surface area contributed by atoms with Crippen LogP contribution >= 0.6 is 0 Å². The Hall–Kier alpha value is -0.0800. The first-order valence-corrected chi connectivity index (χ1v) is 13.5. The summed E-state index contributed by atoms with van der Waals surface area (Å²) < 4.78 is 2.45. The van der Waals surface area contributed by atoms with Gasteiger partial charge in [0.2, 0.25) is 0 Å². The molecule has 0 aliphatic heterocycles. The second-order valence-electron chi connectivity index (χ2n) is 11.1. The molecule has 0 saturated carbocycles. The smallest absolute Gasteiger partial charge is 0.0782 e. The Morgan fingerprint density at radius 3 is 0.793 bits per heavy atom. The molecule has 0 aromatic rings. The number of hydrogen-bond donors (Lipinski definition) is 0. The number of quaternary nitrogens is 2. The average molecular weight is 413 g/mol. The molecule has 0 aromatic carbocycles. The lowest BCUT2D eigenvalue weighted by Crippen LogP contribution is -2.42. The molecule has 0 unspecified atom stereocenters. The van der Waals surface area contributed by atoms with Crippen molar-refractivity contribution in [3.05, 3.63) is 0 Å². The molecule has 176 valence electrons. The van der Waals surface area contributed by atoms with Crippen LogP contribution < -0.4 is 0 Å². The van der Waals surface area contributed by atoms with Crippen LogP contribution in [0.25, 0.3) is 0 Å². The van der Waals surface area contributed by atoms with E-state index in [1.807, 2.05) is 0 Å². The molecule has 0 spiro atoms. The molecule has 29 heavy (non-hydrogen) atoms. The quantitative estimate of drug-likeness (QED) is 0.126. The summed E-state index contributed by atoms with van der Waals surface area (Å²) in [4.78, 5) is 0. The third-order valence-corrected chi connectivity index (χ3v) is 6.76. The standard InChI is InChI=1S/C27H60N2/c1-7-9-11-13-15-17-20-24-28(3,4)26-22-19-23-27-29(5,6)25-21-18-16-14-12-10-8-2/h7-27H2,1-6H3/q+2. The summed E-state index contributed by atoms with van der Waals surface area (Å²) in [5.41, 5.74) is 0. The van der Waals surface area contributed by atoms with Gasteiger partial charge in [-0.2, -0.15) is 0 Å². The molecule has 0 aromatic heterocycles. The highest BCUT2D eigenvalue weighted by atomic mass is 15.3. The van der Waals surface area contributed by atoms with Gasteiger partial charge in [-0.05, 0) is 44.9 Å². The van der Waals surface area contributed by atoms with E-state index in [0.29, 0.717) is 0 Å². The van der Waals surface area contributed by atoms with E-state index in [4.69, 9.17) is 0 Å². The first-order valence-electron chi connectivity index (χ1n) is 13.5. The fourth-order valence-corrected chi connectivity index (χ4v) is 4.47. The maximum absolute atomic E-state index is 2.44. The normalized spacial score (nSPS) is 12.6. The maximum atomic E-state index is 2.44. The van der Waals surface area contributed by atoms with E-state index >= 15 is 0 Å². The number of unbranched alkanes of at least 4 members (excludes halogenated alkanes) is 14. The van der Waals surface area contributed by atoms with Crippen LogP contribution in [0.1, 0.15) is 123 Å². The fraction of sp³-hybridized carbons (Fsp3) is 1.00. The van der Waals surface area contributed by atoms with Gasteiger partial charge in [0, 0.05) is 0 Å². The van der Waals surface area contributed by atoms with Crippen LogP contribution in [0.5, 0.6) is 0 Å². The van der Waals surface area contributed by atoms with Gasteiger partial charge in [0.1, 0.15) is 0 Å². The van der Waals surface area contributed by atoms with Gasteiger partial charge >= 0.3 is 0 Å². The summed E-state index contributed by atoms with van der Waals surface area (Å²) >= 11 is 0. The van der Waals surface area contributed by atoms with Gasteiger partial charge in [0.15, 0.2) is 0 Å². The molecular formula is C27H60N2+2. The van der Waals surface area contributed by atoms with Gasteiger partial charge < -0.3 is 8.97 Å². The van der Waals surface area contributed by atoms with E-state index in [1.165, 1.54) is 144 Å². The fourth-order valence-electron chi connectivity index (χ4n) is 4.47. The summed E-state index contributed by atoms with van der Waals surface area (Å²) in [6.07, 6.45) is 24.2. The highest BCUT2D eigenvalue weighted by molar-refractivity contribution is 4.48. The molecule has 0 fully saturated rings. The van der Waals surface area contributed by atoms with E-state index in [9.17, 15) is 0 Å².